The number of nitro benzene ring substituents is 1. The summed E-state index contributed by atoms with van der Waals surface area (Å²) < 4.78 is 32.2. The molecular formula is C20H23N3O6S. The lowest BCUT2D eigenvalue weighted by atomic mass is 10.2. The molecule has 10 heteroatoms. The summed E-state index contributed by atoms with van der Waals surface area (Å²) in [5, 5.41) is 13.5. The average Bonchev–Trinajstić information content (AvgIpc) is 2.74. The molecule has 0 radical (unpaired) electrons. The van der Waals surface area contributed by atoms with Gasteiger partial charge in [0.1, 0.15) is 5.75 Å². The van der Waals surface area contributed by atoms with E-state index >= 15 is 0 Å². The van der Waals surface area contributed by atoms with Crippen LogP contribution in [0.3, 0.4) is 0 Å². The molecule has 2 aromatic rings. The van der Waals surface area contributed by atoms with Crippen molar-refractivity contribution in [1.82, 2.24) is 4.31 Å². The molecule has 3 rings (SSSR count). The summed E-state index contributed by atoms with van der Waals surface area (Å²) in [5.74, 6) is -0.143. The number of carbonyl (C=O) groups excluding carboxylic acids is 1. The van der Waals surface area contributed by atoms with E-state index in [1.165, 1.54) is 34.6 Å². The number of rotatable bonds is 7. The smallest absolute Gasteiger partial charge is 0.274 e. The van der Waals surface area contributed by atoms with E-state index in [-0.39, 0.29) is 17.2 Å². The Bertz CT molecular complexity index is 1030. The number of ether oxygens (including phenoxy) is 1. The van der Waals surface area contributed by atoms with Gasteiger partial charge in [0.2, 0.25) is 10.0 Å². The lowest BCUT2D eigenvalue weighted by molar-refractivity contribution is -0.385. The summed E-state index contributed by atoms with van der Waals surface area (Å²) in [6, 6.07) is 10.3. The van der Waals surface area contributed by atoms with Crippen LogP contribution in [0.25, 0.3) is 0 Å². The quantitative estimate of drug-likeness (QED) is 0.529. The highest BCUT2D eigenvalue weighted by Gasteiger charge is 2.25. The SMILES string of the molecule is Cc1ccc(NC(=O)COc2ccc(S(=O)(=O)N3CCCCC3)cc2)cc1[N+](=O)[O-]. The molecule has 1 heterocycles. The first-order valence-electron chi connectivity index (χ1n) is 9.55. The van der Waals surface area contributed by atoms with Gasteiger partial charge in [0.25, 0.3) is 11.6 Å². The van der Waals surface area contributed by atoms with Gasteiger partial charge >= 0.3 is 0 Å². The fourth-order valence-corrected chi connectivity index (χ4v) is 4.71. The topological polar surface area (TPSA) is 119 Å². The Morgan fingerprint density at radius 2 is 1.80 bits per heavy atom. The molecule has 1 aliphatic rings. The van der Waals surface area contributed by atoms with Crippen molar-refractivity contribution in [2.75, 3.05) is 25.0 Å². The lowest BCUT2D eigenvalue weighted by Gasteiger charge is -2.25. The number of hydrogen-bond donors (Lipinski definition) is 1. The van der Waals surface area contributed by atoms with Crippen LogP contribution < -0.4 is 10.1 Å². The first kappa shape index (κ1) is 21.7. The van der Waals surface area contributed by atoms with Crippen molar-refractivity contribution < 1.29 is 22.9 Å². The van der Waals surface area contributed by atoms with Gasteiger partial charge < -0.3 is 10.1 Å². The molecule has 160 valence electrons. The second-order valence-corrected chi connectivity index (χ2v) is 8.97. The molecule has 0 aliphatic carbocycles. The Morgan fingerprint density at radius 1 is 1.13 bits per heavy atom. The number of carbonyl (C=O) groups is 1. The standard InChI is InChI=1S/C20H23N3O6S/c1-15-5-6-16(13-19(15)23(25)26)21-20(24)14-29-17-7-9-18(10-8-17)30(27,28)22-11-3-2-4-12-22/h5-10,13H,2-4,11-12,14H2,1H3,(H,21,24). The third-order valence-corrected chi connectivity index (χ3v) is 6.75. The second-order valence-electron chi connectivity index (χ2n) is 7.03. The number of aryl methyl sites for hydroxylation is 1. The zero-order valence-electron chi connectivity index (χ0n) is 16.5. The van der Waals surface area contributed by atoms with Crippen LogP contribution in [0.2, 0.25) is 0 Å². The largest absolute Gasteiger partial charge is 0.484 e. The molecular weight excluding hydrogens is 410 g/mol. The van der Waals surface area contributed by atoms with Crippen LogP contribution in [0.4, 0.5) is 11.4 Å². The summed E-state index contributed by atoms with van der Waals surface area (Å²) >= 11 is 0. The van der Waals surface area contributed by atoms with E-state index in [9.17, 15) is 23.3 Å². The molecule has 1 saturated heterocycles. The number of hydrogen-bond acceptors (Lipinski definition) is 6. The lowest BCUT2D eigenvalue weighted by Crippen LogP contribution is -2.35. The van der Waals surface area contributed by atoms with Gasteiger partial charge in [-0.15, -0.1) is 0 Å². The van der Waals surface area contributed by atoms with E-state index in [2.05, 4.69) is 5.32 Å². The molecule has 0 aromatic heterocycles. The molecule has 1 aliphatic heterocycles. The number of sulfonamides is 1. The van der Waals surface area contributed by atoms with Crippen LogP contribution >= 0.6 is 0 Å². The van der Waals surface area contributed by atoms with Crippen molar-refractivity contribution in [1.29, 1.82) is 0 Å². The van der Waals surface area contributed by atoms with Crippen LogP contribution in [0.5, 0.6) is 5.75 Å². The van der Waals surface area contributed by atoms with Gasteiger partial charge in [-0.2, -0.15) is 4.31 Å². The molecule has 0 atom stereocenters. The highest BCUT2D eigenvalue weighted by Crippen LogP contribution is 2.24. The number of anilines is 1. The molecule has 0 saturated carbocycles. The number of piperidine rings is 1. The number of nitro groups is 1. The predicted molar refractivity (Wildman–Crippen MR) is 111 cm³/mol. The number of amides is 1. The summed E-state index contributed by atoms with van der Waals surface area (Å²) in [6.07, 6.45) is 2.76. The first-order valence-corrected chi connectivity index (χ1v) is 11.0. The third kappa shape index (κ3) is 5.14. The predicted octanol–water partition coefficient (Wildman–Crippen LogP) is 3.10. The average molecular weight is 433 g/mol. The van der Waals surface area contributed by atoms with Gasteiger partial charge in [0.05, 0.1) is 9.82 Å². The number of nitrogens with one attached hydrogen (secondary N) is 1. The van der Waals surface area contributed by atoms with E-state index in [1.54, 1.807) is 19.1 Å². The zero-order chi connectivity index (χ0) is 21.7. The fourth-order valence-electron chi connectivity index (χ4n) is 3.19. The molecule has 1 N–H and O–H groups in total. The van der Waals surface area contributed by atoms with Crippen LogP contribution in [0.15, 0.2) is 47.4 Å². The van der Waals surface area contributed by atoms with E-state index < -0.39 is 20.9 Å². The van der Waals surface area contributed by atoms with E-state index in [0.29, 0.717) is 30.1 Å². The van der Waals surface area contributed by atoms with Crippen LogP contribution in [0.1, 0.15) is 24.8 Å². The minimum Gasteiger partial charge on any atom is -0.484 e. The Labute approximate surface area is 174 Å². The van der Waals surface area contributed by atoms with Gasteiger partial charge in [-0.25, -0.2) is 8.42 Å². The van der Waals surface area contributed by atoms with E-state index in [0.717, 1.165) is 19.3 Å². The Morgan fingerprint density at radius 3 is 2.43 bits per heavy atom. The monoisotopic (exact) mass is 433 g/mol. The van der Waals surface area contributed by atoms with Crippen LogP contribution in [-0.4, -0.2) is 43.2 Å². The Hall–Kier alpha value is -2.98. The highest BCUT2D eigenvalue weighted by atomic mass is 32.2. The van der Waals surface area contributed by atoms with E-state index in [4.69, 9.17) is 4.74 Å². The summed E-state index contributed by atoms with van der Waals surface area (Å²) in [4.78, 5) is 22.7. The maximum Gasteiger partial charge on any atom is 0.274 e. The third-order valence-electron chi connectivity index (χ3n) is 4.84. The minimum absolute atomic E-state index is 0.0841. The molecule has 9 nitrogen and oxygen atoms in total. The van der Waals surface area contributed by atoms with Gasteiger partial charge in [-0.1, -0.05) is 12.5 Å². The van der Waals surface area contributed by atoms with Crippen molar-refractivity contribution in [3.8, 4) is 5.75 Å². The second kappa shape index (κ2) is 9.23. The normalized spacial score (nSPS) is 14.8. The molecule has 30 heavy (non-hydrogen) atoms. The Kier molecular flexibility index (Phi) is 6.68. The Balaban J connectivity index is 1.58. The maximum atomic E-state index is 12.6. The first-order chi connectivity index (χ1) is 14.3. The van der Waals surface area contributed by atoms with Gasteiger partial charge in [-0.05, 0) is 50.1 Å². The molecule has 0 spiro atoms. The van der Waals surface area contributed by atoms with Crippen molar-refractivity contribution in [2.45, 2.75) is 31.1 Å². The molecule has 1 fully saturated rings. The van der Waals surface area contributed by atoms with E-state index in [1.807, 2.05) is 0 Å². The molecule has 0 bridgehead atoms. The maximum absolute atomic E-state index is 12.6. The van der Waals surface area contributed by atoms with Crippen LogP contribution in [-0.2, 0) is 14.8 Å². The zero-order valence-corrected chi connectivity index (χ0v) is 17.4. The van der Waals surface area contributed by atoms with Crippen molar-refractivity contribution in [3.63, 3.8) is 0 Å². The van der Waals surface area contributed by atoms with Gasteiger partial charge in [0, 0.05) is 30.4 Å². The van der Waals surface area contributed by atoms with Crippen molar-refractivity contribution in [3.05, 3.63) is 58.1 Å². The van der Waals surface area contributed by atoms with Crippen molar-refractivity contribution >= 4 is 27.3 Å². The van der Waals surface area contributed by atoms with Gasteiger partial charge in [-0.3, -0.25) is 14.9 Å². The van der Waals surface area contributed by atoms with Crippen LogP contribution in [0, 0.1) is 17.0 Å². The number of nitrogens with zero attached hydrogens (tertiary/aromatic N) is 2. The molecule has 2 aromatic carbocycles. The molecule has 0 unspecified atom stereocenters. The molecule has 1 amide bonds. The highest BCUT2D eigenvalue weighted by molar-refractivity contribution is 7.89. The summed E-state index contributed by atoms with van der Waals surface area (Å²) in [6.45, 7) is 2.34. The minimum atomic E-state index is -3.52. The number of benzene rings is 2. The van der Waals surface area contributed by atoms with Crippen molar-refractivity contribution in [2.24, 2.45) is 0 Å². The fraction of sp³-hybridized carbons (Fsp3) is 0.350. The summed E-state index contributed by atoms with van der Waals surface area (Å²) in [5.41, 5.74) is 0.705. The summed E-state index contributed by atoms with van der Waals surface area (Å²) in [7, 11) is -3.52. The van der Waals surface area contributed by atoms with Gasteiger partial charge in [0.15, 0.2) is 6.61 Å².